The SMILES string of the molecule is CS(=O)(=O)[N-]CC[NH2+]Cc1ccc(Cl)cc1. The van der Waals surface area contributed by atoms with Crippen molar-refractivity contribution in [2.45, 2.75) is 6.54 Å². The summed E-state index contributed by atoms with van der Waals surface area (Å²) in [6.07, 6.45) is 1.10. The van der Waals surface area contributed by atoms with Gasteiger partial charge in [-0.15, -0.1) is 0 Å². The smallest absolute Gasteiger partial charge is 0.101 e. The fraction of sp³-hybridized carbons (Fsp3) is 0.400. The summed E-state index contributed by atoms with van der Waals surface area (Å²) in [5.74, 6) is 0. The van der Waals surface area contributed by atoms with Crippen molar-refractivity contribution < 1.29 is 13.7 Å². The monoisotopic (exact) mass is 262 g/mol. The molecule has 6 heteroatoms. The lowest BCUT2D eigenvalue weighted by molar-refractivity contribution is -0.667. The van der Waals surface area contributed by atoms with Crippen molar-refractivity contribution >= 4 is 21.6 Å². The first-order valence-corrected chi connectivity index (χ1v) is 7.15. The van der Waals surface area contributed by atoms with Crippen molar-refractivity contribution in [1.82, 2.24) is 0 Å². The van der Waals surface area contributed by atoms with Gasteiger partial charge in [-0.3, -0.25) is 0 Å². The van der Waals surface area contributed by atoms with Crippen molar-refractivity contribution in [3.05, 3.63) is 39.6 Å². The van der Waals surface area contributed by atoms with Crippen LogP contribution in [0.1, 0.15) is 5.56 Å². The van der Waals surface area contributed by atoms with Gasteiger partial charge in [0.25, 0.3) is 0 Å². The Hall–Kier alpha value is -0.620. The van der Waals surface area contributed by atoms with E-state index in [1.54, 1.807) is 0 Å². The molecule has 0 atom stereocenters. The normalized spacial score (nSPS) is 11.6. The minimum atomic E-state index is -3.19. The van der Waals surface area contributed by atoms with Crippen molar-refractivity contribution in [3.8, 4) is 0 Å². The maximum atomic E-state index is 10.7. The van der Waals surface area contributed by atoms with Crippen LogP contribution in [0.2, 0.25) is 5.02 Å². The third-order valence-corrected chi connectivity index (χ3v) is 2.86. The highest BCUT2D eigenvalue weighted by Gasteiger charge is 1.94. The Balaban J connectivity index is 2.19. The minimum absolute atomic E-state index is 0.326. The number of nitrogens with two attached hydrogens (primary N) is 1. The maximum absolute atomic E-state index is 10.7. The second-order valence-corrected chi connectivity index (χ2v) is 5.65. The third-order valence-electron chi connectivity index (χ3n) is 1.95. The van der Waals surface area contributed by atoms with E-state index in [4.69, 9.17) is 11.6 Å². The lowest BCUT2D eigenvalue weighted by Crippen LogP contribution is -2.83. The van der Waals surface area contributed by atoms with Crippen LogP contribution in [0, 0.1) is 0 Å². The molecule has 16 heavy (non-hydrogen) atoms. The first-order chi connectivity index (χ1) is 7.47. The van der Waals surface area contributed by atoms with Gasteiger partial charge in [0, 0.05) is 16.8 Å². The maximum Gasteiger partial charge on any atom is 0.101 e. The highest BCUT2D eigenvalue weighted by atomic mass is 35.5. The fourth-order valence-electron chi connectivity index (χ4n) is 1.20. The van der Waals surface area contributed by atoms with Crippen LogP contribution >= 0.6 is 11.6 Å². The van der Waals surface area contributed by atoms with E-state index in [-0.39, 0.29) is 0 Å². The van der Waals surface area contributed by atoms with Crippen LogP contribution in [-0.2, 0) is 16.6 Å². The molecular weight excluding hydrogens is 248 g/mol. The molecule has 0 saturated carbocycles. The summed E-state index contributed by atoms with van der Waals surface area (Å²) < 4.78 is 24.9. The molecule has 0 aliphatic heterocycles. The molecule has 0 saturated heterocycles. The summed E-state index contributed by atoms with van der Waals surface area (Å²) in [4.78, 5) is 0. The topological polar surface area (TPSA) is 64.8 Å². The van der Waals surface area contributed by atoms with Gasteiger partial charge in [0.2, 0.25) is 0 Å². The Morgan fingerprint density at radius 3 is 2.50 bits per heavy atom. The van der Waals surface area contributed by atoms with Crippen molar-refractivity contribution in [2.75, 3.05) is 19.3 Å². The molecule has 0 aliphatic carbocycles. The van der Waals surface area contributed by atoms with E-state index in [9.17, 15) is 8.42 Å². The van der Waals surface area contributed by atoms with Crippen LogP contribution in [-0.4, -0.2) is 27.8 Å². The molecule has 0 amide bonds. The van der Waals surface area contributed by atoms with E-state index in [0.29, 0.717) is 13.1 Å². The van der Waals surface area contributed by atoms with Gasteiger partial charge in [0.1, 0.15) is 6.54 Å². The summed E-state index contributed by atoms with van der Waals surface area (Å²) >= 11 is 5.75. The number of sulfonamides is 1. The largest absolute Gasteiger partial charge is 0.545 e. The zero-order chi connectivity index (χ0) is 12.0. The van der Waals surface area contributed by atoms with E-state index in [1.165, 1.54) is 0 Å². The zero-order valence-electron chi connectivity index (χ0n) is 9.06. The highest BCUT2D eigenvalue weighted by Crippen LogP contribution is 2.08. The van der Waals surface area contributed by atoms with Crippen LogP contribution in [0.15, 0.2) is 24.3 Å². The van der Waals surface area contributed by atoms with Gasteiger partial charge in [-0.05, 0) is 12.1 Å². The van der Waals surface area contributed by atoms with Gasteiger partial charge in [-0.1, -0.05) is 30.3 Å². The summed E-state index contributed by atoms with van der Waals surface area (Å²) in [6, 6.07) is 7.58. The summed E-state index contributed by atoms with van der Waals surface area (Å²) in [7, 11) is -3.19. The van der Waals surface area contributed by atoms with Crippen LogP contribution in [0.3, 0.4) is 0 Å². The molecule has 0 aliphatic rings. The average Bonchev–Trinajstić information content (AvgIpc) is 2.19. The fourth-order valence-corrected chi connectivity index (χ4v) is 1.76. The van der Waals surface area contributed by atoms with E-state index in [1.807, 2.05) is 29.6 Å². The number of nitrogens with zero attached hydrogens (tertiary/aromatic N) is 1. The van der Waals surface area contributed by atoms with Gasteiger partial charge in [-0.25, -0.2) is 8.42 Å². The Morgan fingerprint density at radius 1 is 1.31 bits per heavy atom. The molecule has 0 unspecified atom stereocenters. The van der Waals surface area contributed by atoms with Gasteiger partial charge in [0.15, 0.2) is 0 Å². The average molecular weight is 263 g/mol. The molecule has 0 bridgehead atoms. The van der Waals surface area contributed by atoms with Crippen LogP contribution in [0.5, 0.6) is 0 Å². The minimum Gasteiger partial charge on any atom is -0.545 e. The summed E-state index contributed by atoms with van der Waals surface area (Å²) in [5.41, 5.74) is 1.16. The second-order valence-electron chi connectivity index (χ2n) is 3.49. The second kappa shape index (κ2) is 6.20. The van der Waals surface area contributed by atoms with Gasteiger partial charge in [-0.2, -0.15) is 0 Å². The van der Waals surface area contributed by atoms with E-state index in [0.717, 1.165) is 23.4 Å². The molecule has 1 aromatic carbocycles. The van der Waals surface area contributed by atoms with E-state index >= 15 is 0 Å². The first-order valence-electron chi connectivity index (χ1n) is 4.92. The van der Waals surface area contributed by atoms with Crippen LogP contribution in [0.25, 0.3) is 4.72 Å². The van der Waals surface area contributed by atoms with Gasteiger partial charge >= 0.3 is 0 Å². The Labute approximate surface area is 101 Å². The molecule has 1 rings (SSSR count). The number of halogens is 1. The van der Waals surface area contributed by atoms with E-state index < -0.39 is 10.0 Å². The molecule has 90 valence electrons. The molecule has 0 heterocycles. The predicted octanol–water partition coefficient (Wildman–Crippen LogP) is 0.737. The van der Waals surface area contributed by atoms with Crippen LogP contribution < -0.4 is 5.32 Å². The number of benzene rings is 1. The molecular formula is C10H15ClN2O2S. The lowest BCUT2D eigenvalue weighted by Gasteiger charge is -2.14. The standard InChI is InChI=1S/C10H14ClN2O2S/c1-16(14,15)13-7-6-12-8-9-2-4-10(11)5-3-9/h2-5,12H,6-8H2,1H3/q-1/p+1. The molecule has 0 radical (unpaired) electrons. The van der Waals surface area contributed by atoms with Crippen molar-refractivity contribution in [2.24, 2.45) is 0 Å². The molecule has 0 aromatic heterocycles. The number of hydrogen-bond acceptors (Lipinski definition) is 2. The number of quaternary nitrogens is 1. The Kier molecular flexibility index (Phi) is 5.21. The molecule has 0 spiro atoms. The zero-order valence-corrected chi connectivity index (χ0v) is 10.6. The number of hydrogen-bond donors (Lipinski definition) is 1. The molecule has 4 nitrogen and oxygen atoms in total. The predicted molar refractivity (Wildman–Crippen MR) is 65.0 cm³/mol. The van der Waals surface area contributed by atoms with Gasteiger partial charge < -0.3 is 10.0 Å². The van der Waals surface area contributed by atoms with E-state index in [2.05, 4.69) is 4.72 Å². The molecule has 1 aromatic rings. The highest BCUT2D eigenvalue weighted by molar-refractivity contribution is 7.93. The van der Waals surface area contributed by atoms with Crippen molar-refractivity contribution in [1.29, 1.82) is 0 Å². The van der Waals surface area contributed by atoms with Crippen molar-refractivity contribution in [3.63, 3.8) is 0 Å². The summed E-state index contributed by atoms with van der Waals surface area (Å²) in [5, 5.41) is 2.73. The Morgan fingerprint density at radius 2 is 1.94 bits per heavy atom. The quantitative estimate of drug-likeness (QED) is 0.769. The Bertz CT molecular complexity index is 417. The third kappa shape index (κ3) is 6.07. The number of rotatable bonds is 6. The summed E-state index contributed by atoms with van der Waals surface area (Å²) in [6.45, 7) is 1.79. The molecule has 2 N–H and O–H groups in total. The first kappa shape index (κ1) is 13.4. The lowest BCUT2D eigenvalue weighted by atomic mass is 10.2. The van der Waals surface area contributed by atoms with Gasteiger partial charge in [0.05, 0.1) is 16.6 Å². The molecule has 0 fully saturated rings. The van der Waals surface area contributed by atoms with Crippen LogP contribution in [0.4, 0.5) is 0 Å².